The van der Waals surface area contributed by atoms with Crippen molar-refractivity contribution in [1.82, 2.24) is 0 Å². The third kappa shape index (κ3) is 1.36. The van der Waals surface area contributed by atoms with Gasteiger partial charge in [0.25, 0.3) is 0 Å². The number of thiophene rings is 1. The normalized spacial score (nSPS) is 10.7. The van der Waals surface area contributed by atoms with Crippen molar-refractivity contribution >= 4 is 39.0 Å². The summed E-state index contributed by atoms with van der Waals surface area (Å²) in [5.74, 6) is -1.61. The number of rotatable bonds is 1. The number of hydrogen-bond acceptors (Lipinski definition) is 2. The number of halogens is 2. The minimum absolute atomic E-state index is 0.0105. The van der Waals surface area contributed by atoms with E-state index in [4.69, 9.17) is 16.7 Å². The van der Waals surface area contributed by atoms with Gasteiger partial charge in [-0.05, 0) is 17.5 Å². The van der Waals surface area contributed by atoms with E-state index in [1.165, 1.54) is 12.1 Å². The Kier molecular flexibility index (Phi) is 2.17. The monoisotopic (exact) mass is 230 g/mol. The van der Waals surface area contributed by atoms with Crippen molar-refractivity contribution in [3.8, 4) is 0 Å². The highest BCUT2D eigenvalue weighted by molar-refractivity contribution is 7.20. The largest absolute Gasteiger partial charge is 0.477 e. The Morgan fingerprint density at radius 3 is 2.86 bits per heavy atom. The lowest BCUT2D eigenvalue weighted by Gasteiger charge is -1.93. The molecule has 1 aromatic carbocycles. The molecule has 0 aliphatic rings. The Labute approximate surface area is 87.5 Å². The molecule has 5 heteroatoms. The molecular weight excluding hydrogens is 227 g/mol. The van der Waals surface area contributed by atoms with Gasteiger partial charge in [0.05, 0.1) is 9.72 Å². The number of fused-ring (bicyclic) bond motifs is 1. The highest BCUT2D eigenvalue weighted by Crippen LogP contribution is 2.31. The fourth-order valence-electron chi connectivity index (χ4n) is 1.15. The zero-order chi connectivity index (χ0) is 10.3. The van der Waals surface area contributed by atoms with Gasteiger partial charge in [0, 0.05) is 0 Å². The van der Waals surface area contributed by atoms with Gasteiger partial charge in [0.2, 0.25) is 0 Å². The molecule has 0 amide bonds. The highest BCUT2D eigenvalue weighted by Gasteiger charge is 2.12. The van der Waals surface area contributed by atoms with Crippen molar-refractivity contribution in [3.63, 3.8) is 0 Å². The van der Waals surface area contributed by atoms with Gasteiger partial charge in [-0.3, -0.25) is 0 Å². The van der Waals surface area contributed by atoms with Gasteiger partial charge < -0.3 is 5.11 Å². The summed E-state index contributed by atoms with van der Waals surface area (Å²) in [6.45, 7) is 0. The van der Waals surface area contributed by atoms with Crippen LogP contribution >= 0.6 is 22.9 Å². The van der Waals surface area contributed by atoms with Gasteiger partial charge >= 0.3 is 5.97 Å². The average molecular weight is 231 g/mol. The van der Waals surface area contributed by atoms with Gasteiger partial charge in [0.15, 0.2) is 5.82 Å². The number of carboxylic acid groups (broad SMARTS) is 1. The molecule has 0 aliphatic heterocycles. The Balaban J connectivity index is 2.77. The molecule has 2 rings (SSSR count). The molecule has 0 saturated carbocycles. The van der Waals surface area contributed by atoms with E-state index in [-0.39, 0.29) is 14.6 Å². The molecule has 2 aromatic rings. The number of carbonyl (C=O) groups is 1. The molecule has 0 spiro atoms. The standard InChI is InChI=1S/C9H4ClFO2S/c10-5-2-1-4-3-6(9(12)13)14-8(4)7(5)11/h1-3H,(H,12,13). The van der Waals surface area contributed by atoms with Crippen LogP contribution in [0, 0.1) is 5.82 Å². The zero-order valence-electron chi connectivity index (χ0n) is 6.75. The SMILES string of the molecule is O=C(O)c1cc2ccc(Cl)c(F)c2s1. The Morgan fingerprint density at radius 2 is 2.21 bits per heavy atom. The predicted octanol–water partition coefficient (Wildman–Crippen LogP) is 3.39. The van der Waals surface area contributed by atoms with Crippen LogP contribution in [0.1, 0.15) is 9.67 Å². The van der Waals surface area contributed by atoms with Crippen LogP contribution in [0.4, 0.5) is 4.39 Å². The maximum atomic E-state index is 13.4. The third-order valence-corrected chi connectivity index (χ3v) is 3.21. The van der Waals surface area contributed by atoms with E-state index >= 15 is 0 Å². The van der Waals surface area contributed by atoms with Crippen molar-refractivity contribution in [3.05, 3.63) is 33.9 Å². The summed E-state index contributed by atoms with van der Waals surface area (Å²) in [6, 6.07) is 4.45. The second-order valence-electron chi connectivity index (χ2n) is 2.70. The van der Waals surface area contributed by atoms with Gasteiger partial charge in [-0.2, -0.15) is 0 Å². The number of hydrogen-bond donors (Lipinski definition) is 1. The van der Waals surface area contributed by atoms with E-state index in [0.717, 1.165) is 11.3 Å². The second-order valence-corrected chi connectivity index (χ2v) is 4.15. The summed E-state index contributed by atoms with van der Waals surface area (Å²) in [4.78, 5) is 10.7. The third-order valence-electron chi connectivity index (χ3n) is 1.79. The van der Waals surface area contributed by atoms with E-state index in [1.807, 2.05) is 0 Å². The van der Waals surface area contributed by atoms with Crippen molar-refractivity contribution < 1.29 is 14.3 Å². The molecule has 0 radical (unpaired) electrons. The molecule has 0 atom stereocenters. The minimum Gasteiger partial charge on any atom is -0.477 e. The summed E-state index contributed by atoms with van der Waals surface area (Å²) in [5.41, 5.74) is 0. The Bertz CT molecular complexity index is 521. The number of benzene rings is 1. The van der Waals surface area contributed by atoms with Crippen LogP contribution in [0.3, 0.4) is 0 Å². The van der Waals surface area contributed by atoms with Gasteiger partial charge in [-0.1, -0.05) is 17.7 Å². The number of aromatic carboxylic acids is 1. The van der Waals surface area contributed by atoms with Crippen LogP contribution < -0.4 is 0 Å². The predicted molar refractivity (Wildman–Crippen MR) is 53.8 cm³/mol. The molecule has 72 valence electrons. The topological polar surface area (TPSA) is 37.3 Å². The van der Waals surface area contributed by atoms with E-state index < -0.39 is 11.8 Å². The fourth-order valence-corrected chi connectivity index (χ4v) is 2.30. The molecule has 0 saturated heterocycles. The van der Waals surface area contributed by atoms with Crippen molar-refractivity contribution in [2.45, 2.75) is 0 Å². The Morgan fingerprint density at radius 1 is 1.50 bits per heavy atom. The van der Waals surface area contributed by atoms with Crippen LogP contribution in [0.2, 0.25) is 5.02 Å². The smallest absolute Gasteiger partial charge is 0.345 e. The molecule has 14 heavy (non-hydrogen) atoms. The molecule has 0 bridgehead atoms. The first kappa shape index (κ1) is 9.43. The summed E-state index contributed by atoms with van der Waals surface area (Å²) < 4.78 is 13.6. The van der Waals surface area contributed by atoms with E-state index in [0.29, 0.717) is 5.39 Å². The molecule has 2 nitrogen and oxygen atoms in total. The minimum atomic E-state index is -1.05. The molecule has 0 aliphatic carbocycles. The van der Waals surface area contributed by atoms with Gasteiger partial charge in [-0.15, -0.1) is 11.3 Å². The van der Waals surface area contributed by atoms with E-state index in [9.17, 15) is 9.18 Å². The maximum absolute atomic E-state index is 13.4. The molecule has 0 unspecified atom stereocenters. The molecule has 0 fully saturated rings. The lowest BCUT2D eigenvalue weighted by Crippen LogP contribution is -1.89. The number of carboxylic acids is 1. The maximum Gasteiger partial charge on any atom is 0.345 e. The van der Waals surface area contributed by atoms with Crippen LogP contribution in [0.15, 0.2) is 18.2 Å². The fraction of sp³-hybridized carbons (Fsp3) is 0. The molecule has 1 heterocycles. The molecular formula is C9H4ClFO2S. The summed E-state index contributed by atoms with van der Waals surface area (Å²) in [7, 11) is 0. The highest BCUT2D eigenvalue weighted by atomic mass is 35.5. The summed E-state index contributed by atoms with van der Waals surface area (Å²) in [6.07, 6.45) is 0. The van der Waals surface area contributed by atoms with E-state index in [2.05, 4.69) is 0 Å². The zero-order valence-corrected chi connectivity index (χ0v) is 8.32. The second kappa shape index (κ2) is 3.22. The van der Waals surface area contributed by atoms with Crippen LogP contribution in [0.5, 0.6) is 0 Å². The first-order valence-corrected chi connectivity index (χ1v) is 4.90. The average Bonchev–Trinajstić information content (AvgIpc) is 2.56. The first-order valence-electron chi connectivity index (χ1n) is 3.70. The summed E-state index contributed by atoms with van der Waals surface area (Å²) >= 11 is 6.45. The quantitative estimate of drug-likeness (QED) is 0.815. The van der Waals surface area contributed by atoms with Crippen molar-refractivity contribution in [1.29, 1.82) is 0 Å². The van der Waals surface area contributed by atoms with Gasteiger partial charge in [-0.25, -0.2) is 9.18 Å². The van der Waals surface area contributed by atoms with E-state index in [1.54, 1.807) is 6.07 Å². The Hall–Kier alpha value is -1.13. The lowest BCUT2D eigenvalue weighted by molar-refractivity contribution is 0.0702. The van der Waals surface area contributed by atoms with Crippen molar-refractivity contribution in [2.24, 2.45) is 0 Å². The summed E-state index contributed by atoms with van der Waals surface area (Å²) in [5, 5.41) is 9.28. The van der Waals surface area contributed by atoms with Crippen molar-refractivity contribution in [2.75, 3.05) is 0 Å². The van der Waals surface area contributed by atoms with Gasteiger partial charge in [0.1, 0.15) is 4.88 Å². The van der Waals surface area contributed by atoms with Crippen LogP contribution in [0.25, 0.3) is 10.1 Å². The first-order chi connectivity index (χ1) is 6.59. The lowest BCUT2D eigenvalue weighted by atomic mass is 10.2. The molecule has 1 N–H and O–H groups in total. The molecule has 1 aromatic heterocycles. The van der Waals surface area contributed by atoms with Crippen LogP contribution in [-0.2, 0) is 0 Å². The van der Waals surface area contributed by atoms with Crippen LogP contribution in [-0.4, -0.2) is 11.1 Å².